The lowest BCUT2D eigenvalue weighted by molar-refractivity contribution is -0.154. The number of hydrogen-bond donors (Lipinski definition) is 3. The molecule has 9 heteroatoms. The zero-order chi connectivity index (χ0) is 21.6. The van der Waals surface area contributed by atoms with Gasteiger partial charge in [0.25, 0.3) is 0 Å². The van der Waals surface area contributed by atoms with Gasteiger partial charge in [-0.2, -0.15) is 0 Å². The Balaban J connectivity index is 2.66. The molecular weight excluding hydrogens is 374 g/mol. The molecule has 0 aromatic rings. The topological polar surface area (TPSA) is 105 Å². The molecule has 0 aromatic carbocycles. The maximum atomic E-state index is 12.9. The average molecular weight is 414 g/mol. The molecule has 168 valence electrons. The van der Waals surface area contributed by atoms with Crippen LogP contribution in [0.2, 0.25) is 0 Å². The maximum Gasteiger partial charge on any atom is 0.241 e. The van der Waals surface area contributed by atoms with Crippen LogP contribution in [0.15, 0.2) is 0 Å². The normalized spacial score (nSPS) is 16.9. The van der Waals surface area contributed by atoms with E-state index in [9.17, 15) is 19.6 Å². The van der Waals surface area contributed by atoms with E-state index in [0.717, 1.165) is 45.2 Å². The predicted molar refractivity (Wildman–Crippen MR) is 111 cm³/mol. The molecular formula is C20H39N5O4. The summed E-state index contributed by atoms with van der Waals surface area (Å²) in [4.78, 5) is 40.4. The van der Waals surface area contributed by atoms with E-state index in [2.05, 4.69) is 29.6 Å². The average Bonchev–Trinajstić information content (AvgIpc) is 2.73. The second-order valence-corrected chi connectivity index (χ2v) is 7.88. The Morgan fingerprint density at radius 2 is 1.72 bits per heavy atom. The van der Waals surface area contributed by atoms with Crippen molar-refractivity contribution in [2.45, 2.75) is 64.8 Å². The third kappa shape index (κ3) is 9.56. The number of carbonyl (C=O) groups excluding carboxylic acids is 3. The van der Waals surface area contributed by atoms with Crippen molar-refractivity contribution in [3.63, 3.8) is 0 Å². The molecule has 0 aromatic heterocycles. The van der Waals surface area contributed by atoms with E-state index in [1.807, 2.05) is 11.9 Å². The van der Waals surface area contributed by atoms with Crippen LogP contribution < -0.4 is 10.9 Å². The molecule has 1 aliphatic heterocycles. The van der Waals surface area contributed by atoms with Crippen LogP contribution in [0.3, 0.4) is 0 Å². The molecule has 1 unspecified atom stereocenters. The van der Waals surface area contributed by atoms with Crippen LogP contribution in [0.25, 0.3) is 0 Å². The molecule has 1 rings (SSSR count). The Morgan fingerprint density at radius 1 is 1.07 bits per heavy atom. The fourth-order valence-electron chi connectivity index (χ4n) is 3.39. The van der Waals surface area contributed by atoms with Gasteiger partial charge in [0, 0.05) is 26.2 Å². The van der Waals surface area contributed by atoms with Crippen LogP contribution in [0.1, 0.15) is 58.8 Å². The quantitative estimate of drug-likeness (QED) is 0.170. The van der Waals surface area contributed by atoms with Gasteiger partial charge in [0.05, 0.1) is 12.5 Å². The molecule has 0 saturated carbocycles. The molecule has 1 saturated heterocycles. The van der Waals surface area contributed by atoms with Crippen LogP contribution in [-0.2, 0) is 14.4 Å². The Kier molecular flexibility index (Phi) is 12.5. The zero-order valence-electron chi connectivity index (χ0n) is 18.2. The highest BCUT2D eigenvalue weighted by molar-refractivity contribution is 5.83. The van der Waals surface area contributed by atoms with Gasteiger partial charge in [-0.1, -0.05) is 46.0 Å². The molecule has 1 aliphatic rings. The van der Waals surface area contributed by atoms with Crippen molar-refractivity contribution in [2.75, 3.05) is 39.8 Å². The Morgan fingerprint density at radius 3 is 2.31 bits per heavy atom. The number of hydroxylamine groups is 2. The molecule has 9 nitrogen and oxygen atoms in total. The molecule has 1 heterocycles. The van der Waals surface area contributed by atoms with E-state index in [-0.39, 0.29) is 18.4 Å². The predicted octanol–water partition coefficient (Wildman–Crippen LogP) is 0.984. The Bertz CT molecular complexity index is 497. The van der Waals surface area contributed by atoms with Crippen LogP contribution in [0.5, 0.6) is 0 Å². The first kappa shape index (κ1) is 25.3. The third-order valence-electron chi connectivity index (χ3n) is 5.39. The number of piperazine rings is 1. The summed E-state index contributed by atoms with van der Waals surface area (Å²) in [5.74, 6) is -0.837. The van der Waals surface area contributed by atoms with E-state index in [1.165, 1.54) is 0 Å². The number of nitrogens with zero attached hydrogens (tertiary/aromatic N) is 3. The first-order valence-electron chi connectivity index (χ1n) is 10.9. The second kappa shape index (κ2) is 14.3. The van der Waals surface area contributed by atoms with Crippen molar-refractivity contribution >= 4 is 18.2 Å². The van der Waals surface area contributed by atoms with Crippen molar-refractivity contribution < 1.29 is 19.6 Å². The lowest BCUT2D eigenvalue weighted by Crippen LogP contribution is -2.57. The number of likely N-dealkylation sites (N-methyl/N-ethyl adjacent to an activating group) is 1. The number of rotatable bonds is 14. The first-order chi connectivity index (χ1) is 13.9. The SMILES string of the molecule is CCCCC[C@H](CN(O)C=O)C(=O)NNC(CCCC)C(=O)N1CCN(C)CC1. The summed E-state index contributed by atoms with van der Waals surface area (Å²) in [6.07, 6.45) is 6.17. The van der Waals surface area contributed by atoms with Crippen molar-refractivity contribution in [1.82, 2.24) is 25.7 Å². The van der Waals surface area contributed by atoms with Gasteiger partial charge in [-0.15, -0.1) is 0 Å². The number of hydrazine groups is 1. The van der Waals surface area contributed by atoms with Crippen molar-refractivity contribution in [2.24, 2.45) is 5.92 Å². The molecule has 1 fully saturated rings. The highest BCUT2D eigenvalue weighted by atomic mass is 16.5. The van der Waals surface area contributed by atoms with Crippen molar-refractivity contribution in [3.05, 3.63) is 0 Å². The van der Waals surface area contributed by atoms with Crippen LogP contribution >= 0.6 is 0 Å². The summed E-state index contributed by atoms with van der Waals surface area (Å²) < 4.78 is 0. The van der Waals surface area contributed by atoms with Crippen LogP contribution in [-0.4, -0.2) is 84.1 Å². The summed E-state index contributed by atoms with van der Waals surface area (Å²) >= 11 is 0. The minimum atomic E-state index is -0.533. The molecule has 0 bridgehead atoms. The molecule has 0 spiro atoms. The van der Waals surface area contributed by atoms with Crippen LogP contribution in [0, 0.1) is 5.92 Å². The van der Waals surface area contributed by atoms with Gasteiger partial charge >= 0.3 is 0 Å². The second-order valence-electron chi connectivity index (χ2n) is 7.88. The van der Waals surface area contributed by atoms with E-state index < -0.39 is 12.0 Å². The van der Waals surface area contributed by atoms with Crippen LogP contribution in [0.4, 0.5) is 0 Å². The Labute approximate surface area is 174 Å². The highest BCUT2D eigenvalue weighted by Crippen LogP contribution is 2.12. The fraction of sp³-hybridized carbons (Fsp3) is 0.850. The van der Waals surface area contributed by atoms with Gasteiger partial charge in [-0.25, -0.2) is 10.5 Å². The number of amides is 3. The summed E-state index contributed by atoms with van der Waals surface area (Å²) in [6.45, 7) is 7.13. The van der Waals surface area contributed by atoms with Gasteiger partial charge in [-0.3, -0.25) is 25.0 Å². The fourth-order valence-corrected chi connectivity index (χ4v) is 3.39. The standard InChI is InChI=1S/C20H39N5O4/c1-4-6-8-9-17(15-25(29)16-26)19(27)22-21-18(10-7-5-2)20(28)24-13-11-23(3)12-14-24/h16-18,21,29H,4-15H2,1-3H3,(H,22,27)/t17-,18?/m1/s1. The molecule has 2 atom stereocenters. The smallest absolute Gasteiger partial charge is 0.241 e. The van der Waals surface area contributed by atoms with Gasteiger partial charge in [0.2, 0.25) is 18.2 Å². The van der Waals surface area contributed by atoms with E-state index in [0.29, 0.717) is 37.4 Å². The van der Waals surface area contributed by atoms with E-state index >= 15 is 0 Å². The van der Waals surface area contributed by atoms with E-state index in [4.69, 9.17) is 0 Å². The van der Waals surface area contributed by atoms with E-state index in [1.54, 1.807) is 0 Å². The zero-order valence-corrected chi connectivity index (χ0v) is 18.2. The minimum absolute atomic E-state index is 0.00561. The molecule has 0 aliphatic carbocycles. The lowest BCUT2D eigenvalue weighted by atomic mass is 10.0. The summed E-state index contributed by atoms with van der Waals surface area (Å²) in [5, 5.41) is 10.0. The monoisotopic (exact) mass is 413 g/mol. The highest BCUT2D eigenvalue weighted by Gasteiger charge is 2.28. The number of carbonyl (C=O) groups is 3. The number of nitrogens with one attached hydrogen (secondary N) is 2. The molecule has 3 N–H and O–H groups in total. The van der Waals surface area contributed by atoms with Gasteiger partial charge in [0.15, 0.2) is 0 Å². The third-order valence-corrected chi connectivity index (χ3v) is 5.39. The minimum Gasteiger partial charge on any atom is -0.339 e. The summed E-state index contributed by atoms with van der Waals surface area (Å²) in [6, 6.07) is -0.477. The lowest BCUT2D eigenvalue weighted by Gasteiger charge is -2.35. The van der Waals surface area contributed by atoms with Crippen molar-refractivity contribution in [3.8, 4) is 0 Å². The molecule has 29 heavy (non-hydrogen) atoms. The number of hydrogen-bond acceptors (Lipinski definition) is 6. The summed E-state index contributed by atoms with van der Waals surface area (Å²) in [7, 11) is 2.04. The van der Waals surface area contributed by atoms with Gasteiger partial charge in [-0.05, 0) is 19.9 Å². The van der Waals surface area contributed by atoms with Gasteiger partial charge < -0.3 is 9.80 Å². The van der Waals surface area contributed by atoms with Crippen molar-refractivity contribution in [1.29, 1.82) is 0 Å². The molecule has 3 amide bonds. The largest absolute Gasteiger partial charge is 0.339 e. The summed E-state index contributed by atoms with van der Waals surface area (Å²) in [5.41, 5.74) is 5.61. The molecule has 0 radical (unpaired) electrons. The van der Waals surface area contributed by atoms with Gasteiger partial charge in [0.1, 0.15) is 6.04 Å². The maximum absolute atomic E-state index is 12.9. The first-order valence-corrected chi connectivity index (χ1v) is 10.9. The Hall–Kier alpha value is -1.71. The number of unbranched alkanes of at least 4 members (excludes halogenated alkanes) is 3.